The van der Waals surface area contributed by atoms with Crippen LogP contribution in [0.5, 0.6) is 0 Å². The van der Waals surface area contributed by atoms with Crippen LogP contribution < -0.4 is 10.2 Å². The molecule has 1 aliphatic heterocycles. The van der Waals surface area contributed by atoms with E-state index in [1.54, 1.807) is 12.1 Å². The van der Waals surface area contributed by atoms with Gasteiger partial charge in [-0.1, -0.05) is 12.1 Å². The van der Waals surface area contributed by atoms with Gasteiger partial charge in [-0.3, -0.25) is 9.59 Å². The molecule has 24 heavy (non-hydrogen) atoms. The van der Waals surface area contributed by atoms with Crippen LogP contribution in [0.2, 0.25) is 0 Å². The highest BCUT2D eigenvalue weighted by atomic mass is 19.1. The van der Waals surface area contributed by atoms with Crippen LogP contribution >= 0.6 is 0 Å². The summed E-state index contributed by atoms with van der Waals surface area (Å²) in [5.41, 5.74) is 0.595. The molecule has 2 aliphatic carbocycles. The molecule has 3 fully saturated rings. The second-order valence-electron chi connectivity index (χ2n) is 7.00. The van der Waals surface area contributed by atoms with Gasteiger partial charge in [-0.2, -0.15) is 0 Å². The summed E-state index contributed by atoms with van der Waals surface area (Å²) >= 11 is 0. The van der Waals surface area contributed by atoms with Crippen LogP contribution in [0.15, 0.2) is 24.3 Å². The Balaban J connectivity index is 1.29. The second-order valence-corrected chi connectivity index (χ2v) is 7.00. The fourth-order valence-corrected chi connectivity index (χ4v) is 3.40. The normalized spacial score (nSPS) is 26.2. The molecule has 128 valence electrons. The number of halogens is 1. The smallest absolute Gasteiger partial charge is 0.226 e. The van der Waals surface area contributed by atoms with Gasteiger partial charge in [-0.25, -0.2) is 4.39 Å². The molecule has 1 heterocycles. The van der Waals surface area contributed by atoms with E-state index in [1.807, 2.05) is 15.9 Å². The van der Waals surface area contributed by atoms with E-state index in [9.17, 15) is 14.0 Å². The molecule has 5 nitrogen and oxygen atoms in total. The van der Waals surface area contributed by atoms with Crippen molar-refractivity contribution < 1.29 is 14.0 Å². The highest BCUT2D eigenvalue weighted by Crippen LogP contribution is 2.41. The Kier molecular flexibility index (Phi) is 3.90. The Hall–Kier alpha value is -2.11. The number of amides is 2. The van der Waals surface area contributed by atoms with Gasteiger partial charge in [0.1, 0.15) is 5.82 Å². The second kappa shape index (κ2) is 6.07. The number of piperazine rings is 1. The molecule has 0 radical (unpaired) electrons. The molecule has 1 N–H and O–H groups in total. The van der Waals surface area contributed by atoms with Crippen LogP contribution in [0, 0.1) is 17.7 Å². The maximum atomic E-state index is 13.9. The van der Waals surface area contributed by atoms with Crippen molar-refractivity contribution in [3.05, 3.63) is 30.1 Å². The molecule has 1 saturated heterocycles. The summed E-state index contributed by atoms with van der Waals surface area (Å²) in [6, 6.07) is 7.08. The third-order valence-electron chi connectivity index (χ3n) is 5.15. The number of hydrogen-bond acceptors (Lipinski definition) is 3. The lowest BCUT2D eigenvalue weighted by atomic mass is 10.2. The summed E-state index contributed by atoms with van der Waals surface area (Å²) < 4.78 is 13.9. The average Bonchev–Trinajstić information content (AvgIpc) is 3.49. The Labute approximate surface area is 140 Å². The Bertz CT molecular complexity index is 653. The Morgan fingerprint density at radius 1 is 1.04 bits per heavy atom. The lowest BCUT2D eigenvalue weighted by Gasteiger charge is -2.36. The number of anilines is 1. The predicted molar refractivity (Wildman–Crippen MR) is 88.0 cm³/mol. The SMILES string of the molecule is O=C(NC1CC1)C1CC1C(=O)N1CCN(c2ccccc2F)CC1. The van der Waals surface area contributed by atoms with Crippen molar-refractivity contribution >= 4 is 17.5 Å². The number of carbonyl (C=O) groups is 2. The van der Waals surface area contributed by atoms with Crippen molar-refractivity contribution in [1.29, 1.82) is 0 Å². The van der Waals surface area contributed by atoms with E-state index >= 15 is 0 Å². The van der Waals surface area contributed by atoms with Gasteiger partial charge in [0.05, 0.1) is 17.5 Å². The molecule has 2 unspecified atom stereocenters. The highest BCUT2D eigenvalue weighted by Gasteiger charge is 2.50. The van der Waals surface area contributed by atoms with Gasteiger partial charge >= 0.3 is 0 Å². The molecule has 3 aliphatic rings. The van der Waals surface area contributed by atoms with Crippen LogP contribution in [0.4, 0.5) is 10.1 Å². The minimum Gasteiger partial charge on any atom is -0.366 e. The molecule has 0 aromatic heterocycles. The summed E-state index contributed by atoms with van der Waals surface area (Å²) in [5.74, 6) is -0.386. The van der Waals surface area contributed by atoms with E-state index in [-0.39, 0.29) is 29.5 Å². The topological polar surface area (TPSA) is 52.7 Å². The molecular formula is C18H22FN3O2. The molecule has 0 spiro atoms. The van der Waals surface area contributed by atoms with Crippen LogP contribution in [0.1, 0.15) is 19.3 Å². The van der Waals surface area contributed by atoms with Gasteiger partial charge < -0.3 is 15.1 Å². The van der Waals surface area contributed by atoms with Gasteiger partial charge in [-0.15, -0.1) is 0 Å². The minimum atomic E-state index is -0.226. The van der Waals surface area contributed by atoms with Crippen molar-refractivity contribution in [2.24, 2.45) is 11.8 Å². The van der Waals surface area contributed by atoms with Crippen molar-refractivity contribution in [2.75, 3.05) is 31.1 Å². The van der Waals surface area contributed by atoms with Gasteiger partial charge in [0.15, 0.2) is 0 Å². The first-order chi connectivity index (χ1) is 11.6. The first kappa shape index (κ1) is 15.4. The first-order valence-corrected chi connectivity index (χ1v) is 8.72. The maximum absolute atomic E-state index is 13.9. The zero-order valence-corrected chi connectivity index (χ0v) is 13.6. The van der Waals surface area contributed by atoms with Gasteiger partial charge in [0, 0.05) is 32.2 Å². The zero-order chi connectivity index (χ0) is 16.7. The van der Waals surface area contributed by atoms with E-state index in [2.05, 4.69) is 5.32 Å². The van der Waals surface area contributed by atoms with Gasteiger partial charge in [-0.05, 0) is 31.4 Å². The third kappa shape index (κ3) is 3.09. The fraction of sp³-hybridized carbons (Fsp3) is 0.556. The fourth-order valence-electron chi connectivity index (χ4n) is 3.40. The predicted octanol–water partition coefficient (Wildman–Crippen LogP) is 1.39. The summed E-state index contributed by atoms with van der Waals surface area (Å²) in [6.07, 6.45) is 2.80. The quantitative estimate of drug-likeness (QED) is 0.907. The number of nitrogens with zero attached hydrogens (tertiary/aromatic N) is 2. The summed E-state index contributed by atoms with van der Waals surface area (Å²) in [4.78, 5) is 28.3. The molecule has 2 saturated carbocycles. The largest absolute Gasteiger partial charge is 0.366 e. The Morgan fingerprint density at radius 3 is 2.42 bits per heavy atom. The molecule has 0 bridgehead atoms. The van der Waals surface area contributed by atoms with Crippen molar-refractivity contribution in [3.63, 3.8) is 0 Å². The molecule has 6 heteroatoms. The summed E-state index contributed by atoms with van der Waals surface area (Å²) in [6.45, 7) is 2.41. The maximum Gasteiger partial charge on any atom is 0.226 e. The highest BCUT2D eigenvalue weighted by molar-refractivity contribution is 5.92. The van der Waals surface area contributed by atoms with E-state index in [0.29, 0.717) is 44.3 Å². The van der Waals surface area contributed by atoms with Crippen LogP contribution in [-0.4, -0.2) is 48.9 Å². The number of benzene rings is 1. The number of nitrogens with one attached hydrogen (secondary N) is 1. The minimum absolute atomic E-state index is 0.0424. The van der Waals surface area contributed by atoms with E-state index in [0.717, 1.165) is 12.8 Å². The van der Waals surface area contributed by atoms with Gasteiger partial charge in [0.25, 0.3) is 0 Å². The first-order valence-electron chi connectivity index (χ1n) is 8.72. The van der Waals surface area contributed by atoms with E-state index in [1.165, 1.54) is 6.07 Å². The number of carbonyl (C=O) groups excluding carboxylic acids is 2. The standard InChI is InChI=1S/C18H22FN3O2/c19-15-3-1-2-4-16(15)21-7-9-22(10-8-21)18(24)14-11-13(14)17(23)20-12-5-6-12/h1-4,12-14H,5-11H2,(H,20,23). The summed E-state index contributed by atoms with van der Waals surface area (Å²) in [7, 11) is 0. The van der Waals surface area contributed by atoms with Crippen LogP contribution in [-0.2, 0) is 9.59 Å². The molecule has 1 aromatic rings. The lowest BCUT2D eigenvalue weighted by Crippen LogP contribution is -2.49. The monoisotopic (exact) mass is 331 g/mol. The average molecular weight is 331 g/mol. The summed E-state index contributed by atoms with van der Waals surface area (Å²) in [5, 5.41) is 2.98. The van der Waals surface area contributed by atoms with Crippen molar-refractivity contribution in [2.45, 2.75) is 25.3 Å². The molecule has 2 atom stereocenters. The van der Waals surface area contributed by atoms with Crippen LogP contribution in [0.25, 0.3) is 0 Å². The lowest BCUT2D eigenvalue weighted by molar-refractivity contribution is -0.135. The molecule has 4 rings (SSSR count). The van der Waals surface area contributed by atoms with E-state index in [4.69, 9.17) is 0 Å². The van der Waals surface area contributed by atoms with Crippen LogP contribution in [0.3, 0.4) is 0 Å². The number of hydrogen-bond donors (Lipinski definition) is 1. The number of para-hydroxylation sites is 1. The van der Waals surface area contributed by atoms with Crippen molar-refractivity contribution in [1.82, 2.24) is 10.2 Å². The third-order valence-corrected chi connectivity index (χ3v) is 5.15. The molecule has 1 aromatic carbocycles. The molecular weight excluding hydrogens is 309 g/mol. The Morgan fingerprint density at radius 2 is 1.75 bits per heavy atom. The zero-order valence-electron chi connectivity index (χ0n) is 13.6. The number of rotatable bonds is 4. The molecule has 2 amide bonds. The van der Waals surface area contributed by atoms with Crippen molar-refractivity contribution in [3.8, 4) is 0 Å². The van der Waals surface area contributed by atoms with E-state index < -0.39 is 0 Å². The van der Waals surface area contributed by atoms with Gasteiger partial charge in [0.2, 0.25) is 11.8 Å².